The first-order chi connectivity index (χ1) is 26.3. The molecule has 10 aromatic carbocycles. The van der Waals surface area contributed by atoms with E-state index in [2.05, 4.69) is 217 Å². The van der Waals surface area contributed by atoms with Gasteiger partial charge in [0, 0.05) is 16.8 Å². The molecule has 53 heavy (non-hydrogen) atoms. The van der Waals surface area contributed by atoms with Crippen LogP contribution in [0.1, 0.15) is 0 Å². The molecular weight excluding hydrogens is 639 g/mol. The highest BCUT2D eigenvalue weighted by molar-refractivity contribution is 6.14. The number of benzene rings is 10. The van der Waals surface area contributed by atoms with Crippen molar-refractivity contribution in [1.82, 2.24) is 0 Å². The van der Waals surface area contributed by atoms with Crippen molar-refractivity contribution < 1.29 is 0 Å². The number of fused-ring (bicyclic) bond motifs is 6. The summed E-state index contributed by atoms with van der Waals surface area (Å²) in [6.07, 6.45) is 0. The molecule has 0 radical (unpaired) electrons. The molecule has 0 saturated heterocycles. The Bertz CT molecular complexity index is 2920. The predicted octanol–water partition coefficient (Wildman–Crippen LogP) is 14.8. The molecule has 10 rings (SSSR count). The smallest absolute Gasteiger partial charge is 0.0546 e. The highest BCUT2D eigenvalue weighted by atomic mass is 15.1. The second-order valence-corrected chi connectivity index (χ2v) is 13.8. The molecule has 0 spiro atoms. The summed E-state index contributed by atoms with van der Waals surface area (Å²) >= 11 is 0. The van der Waals surface area contributed by atoms with E-state index in [4.69, 9.17) is 0 Å². The van der Waals surface area contributed by atoms with Gasteiger partial charge in [-0.3, -0.25) is 0 Å². The van der Waals surface area contributed by atoms with E-state index in [9.17, 15) is 0 Å². The normalized spacial score (nSPS) is 11.4. The molecule has 0 aliphatic heterocycles. The van der Waals surface area contributed by atoms with Gasteiger partial charge in [0.15, 0.2) is 0 Å². The van der Waals surface area contributed by atoms with Gasteiger partial charge >= 0.3 is 0 Å². The van der Waals surface area contributed by atoms with Crippen molar-refractivity contribution in [3.05, 3.63) is 212 Å². The zero-order chi connectivity index (χ0) is 35.1. The fourth-order valence-corrected chi connectivity index (χ4v) is 7.95. The summed E-state index contributed by atoms with van der Waals surface area (Å²) in [6.45, 7) is 0. The number of hydrogen-bond donors (Lipinski definition) is 0. The van der Waals surface area contributed by atoms with Crippen molar-refractivity contribution in [1.29, 1.82) is 0 Å². The quantitative estimate of drug-likeness (QED) is 0.159. The maximum Gasteiger partial charge on any atom is 0.0546 e. The lowest BCUT2D eigenvalue weighted by Gasteiger charge is -2.28. The Hall–Kier alpha value is -6.96. The zero-order valence-corrected chi connectivity index (χ0v) is 29.2. The summed E-state index contributed by atoms with van der Waals surface area (Å²) in [5.74, 6) is 0. The first-order valence-electron chi connectivity index (χ1n) is 18.3. The van der Waals surface area contributed by atoms with E-state index in [1.165, 1.54) is 76.5 Å². The third kappa shape index (κ3) is 5.60. The Morgan fingerprint density at radius 1 is 0.226 bits per heavy atom. The van der Waals surface area contributed by atoms with Crippen LogP contribution in [0.3, 0.4) is 0 Å². The zero-order valence-electron chi connectivity index (χ0n) is 29.2. The standard InChI is InChI=1S/C52H35N/c1-2-11-36(12-3-1)40-15-10-16-41(33-40)37-23-28-45(29-24-37)53(52-35-43-14-5-7-18-48(43)50-19-8-9-20-51(50)52)46-30-25-38(26-31-46)42-27-32-49-44(34-42)22-21-39-13-4-6-17-47(39)49/h1-35H. The molecule has 0 aliphatic rings. The molecule has 0 N–H and O–H groups in total. The van der Waals surface area contributed by atoms with Crippen molar-refractivity contribution in [2.75, 3.05) is 4.90 Å². The van der Waals surface area contributed by atoms with Gasteiger partial charge < -0.3 is 4.90 Å². The van der Waals surface area contributed by atoms with Crippen LogP contribution >= 0.6 is 0 Å². The monoisotopic (exact) mass is 673 g/mol. The molecule has 0 amide bonds. The maximum atomic E-state index is 2.41. The van der Waals surface area contributed by atoms with Gasteiger partial charge in [-0.15, -0.1) is 0 Å². The fourth-order valence-electron chi connectivity index (χ4n) is 7.95. The van der Waals surface area contributed by atoms with Crippen molar-refractivity contribution >= 4 is 60.2 Å². The van der Waals surface area contributed by atoms with Crippen LogP contribution in [0.25, 0.3) is 76.5 Å². The van der Waals surface area contributed by atoms with Crippen LogP contribution in [0.2, 0.25) is 0 Å². The molecule has 1 nitrogen and oxygen atoms in total. The van der Waals surface area contributed by atoms with Crippen LogP contribution < -0.4 is 4.90 Å². The molecule has 1 heteroatoms. The molecule has 0 fully saturated rings. The average Bonchev–Trinajstić information content (AvgIpc) is 3.24. The molecule has 0 bridgehead atoms. The molecule has 10 aromatic rings. The summed E-state index contributed by atoms with van der Waals surface area (Å²) in [5, 5.41) is 10.1. The van der Waals surface area contributed by atoms with E-state index in [0.717, 1.165) is 17.1 Å². The minimum absolute atomic E-state index is 1.11. The van der Waals surface area contributed by atoms with Gasteiger partial charge in [0.25, 0.3) is 0 Å². The van der Waals surface area contributed by atoms with Gasteiger partial charge in [-0.25, -0.2) is 0 Å². The second-order valence-electron chi connectivity index (χ2n) is 13.8. The predicted molar refractivity (Wildman–Crippen MR) is 227 cm³/mol. The summed E-state index contributed by atoms with van der Waals surface area (Å²) in [4.78, 5) is 2.41. The number of rotatable bonds is 6. The van der Waals surface area contributed by atoms with Gasteiger partial charge in [0.05, 0.1) is 5.69 Å². The van der Waals surface area contributed by atoms with Crippen molar-refractivity contribution in [3.8, 4) is 33.4 Å². The van der Waals surface area contributed by atoms with Crippen LogP contribution in [-0.4, -0.2) is 0 Å². The van der Waals surface area contributed by atoms with Crippen LogP contribution in [0, 0.1) is 0 Å². The van der Waals surface area contributed by atoms with Crippen LogP contribution in [0.15, 0.2) is 212 Å². The van der Waals surface area contributed by atoms with Crippen LogP contribution in [-0.2, 0) is 0 Å². The third-order valence-electron chi connectivity index (χ3n) is 10.6. The minimum atomic E-state index is 1.11. The summed E-state index contributed by atoms with van der Waals surface area (Å²) in [7, 11) is 0. The van der Waals surface area contributed by atoms with E-state index >= 15 is 0 Å². The molecule has 0 unspecified atom stereocenters. The van der Waals surface area contributed by atoms with Gasteiger partial charge in [-0.1, -0.05) is 170 Å². The first-order valence-corrected chi connectivity index (χ1v) is 18.3. The fraction of sp³-hybridized carbons (Fsp3) is 0. The lowest BCUT2D eigenvalue weighted by Crippen LogP contribution is -2.10. The molecule has 0 saturated carbocycles. The van der Waals surface area contributed by atoms with E-state index < -0.39 is 0 Å². The molecule has 248 valence electrons. The Morgan fingerprint density at radius 3 is 1.34 bits per heavy atom. The molecule has 0 aromatic heterocycles. The second kappa shape index (κ2) is 13.0. The minimum Gasteiger partial charge on any atom is -0.310 e. The molecular formula is C52H35N. The SMILES string of the molecule is c1ccc(-c2cccc(-c3ccc(N(c4ccc(-c5ccc6c(ccc7ccccc76)c5)cc4)c4cc5ccccc5c5ccccc45)cc3)c2)cc1. The summed E-state index contributed by atoms with van der Waals surface area (Å²) < 4.78 is 0. The summed E-state index contributed by atoms with van der Waals surface area (Å²) in [5.41, 5.74) is 10.6. The molecule has 0 aliphatic carbocycles. The van der Waals surface area contributed by atoms with Crippen molar-refractivity contribution in [2.45, 2.75) is 0 Å². The third-order valence-corrected chi connectivity index (χ3v) is 10.6. The molecule has 0 heterocycles. The Labute approximate surface area is 309 Å². The van der Waals surface area contributed by atoms with Crippen LogP contribution in [0.5, 0.6) is 0 Å². The van der Waals surface area contributed by atoms with Crippen LogP contribution in [0.4, 0.5) is 17.1 Å². The van der Waals surface area contributed by atoms with E-state index in [1.807, 2.05) is 0 Å². The Morgan fingerprint density at radius 2 is 0.660 bits per heavy atom. The number of nitrogens with zero attached hydrogens (tertiary/aromatic N) is 1. The topological polar surface area (TPSA) is 3.24 Å². The van der Waals surface area contributed by atoms with Gasteiger partial charge in [0.1, 0.15) is 0 Å². The highest BCUT2D eigenvalue weighted by Gasteiger charge is 2.18. The highest BCUT2D eigenvalue weighted by Crippen LogP contribution is 2.43. The maximum absolute atomic E-state index is 2.41. The van der Waals surface area contributed by atoms with Gasteiger partial charge in [0.2, 0.25) is 0 Å². The largest absolute Gasteiger partial charge is 0.310 e. The Kier molecular flexibility index (Phi) is 7.55. The average molecular weight is 674 g/mol. The van der Waals surface area contributed by atoms with E-state index in [-0.39, 0.29) is 0 Å². The van der Waals surface area contributed by atoms with Gasteiger partial charge in [-0.05, 0) is 114 Å². The lowest BCUT2D eigenvalue weighted by atomic mass is 9.96. The van der Waals surface area contributed by atoms with E-state index in [1.54, 1.807) is 0 Å². The first kappa shape index (κ1) is 30.8. The van der Waals surface area contributed by atoms with E-state index in [0.29, 0.717) is 0 Å². The number of anilines is 3. The lowest BCUT2D eigenvalue weighted by molar-refractivity contribution is 1.30. The van der Waals surface area contributed by atoms with Gasteiger partial charge in [-0.2, -0.15) is 0 Å². The van der Waals surface area contributed by atoms with Crippen molar-refractivity contribution in [2.24, 2.45) is 0 Å². The molecule has 0 atom stereocenters. The Balaban J connectivity index is 1.08. The number of hydrogen-bond acceptors (Lipinski definition) is 1. The van der Waals surface area contributed by atoms with Crippen molar-refractivity contribution in [3.63, 3.8) is 0 Å². The summed E-state index contributed by atoms with van der Waals surface area (Å²) in [6, 6.07) is 77.2.